The monoisotopic (exact) mass is 275 g/mol. The fraction of sp³-hybridized carbons (Fsp3) is 0.500. The second-order valence-electron chi connectivity index (χ2n) is 5.05. The van der Waals surface area contributed by atoms with Crippen LogP contribution in [-0.4, -0.2) is 33.8 Å². The van der Waals surface area contributed by atoms with E-state index in [4.69, 9.17) is 9.47 Å². The Morgan fingerprint density at radius 1 is 1.60 bits per heavy atom. The van der Waals surface area contributed by atoms with E-state index >= 15 is 0 Å². The van der Waals surface area contributed by atoms with Gasteiger partial charge in [0.15, 0.2) is 11.4 Å². The molecule has 0 unspecified atom stereocenters. The summed E-state index contributed by atoms with van der Waals surface area (Å²) in [5, 5.41) is 4.15. The van der Waals surface area contributed by atoms with Gasteiger partial charge in [0.25, 0.3) is 0 Å². The number of aryl methyl sites for hydroxylation is 1. The van der Waals surface area contributed by atoms with Crippen molar-refractivity contribution in [2.75, 3.05) is 13.2 Å². The zero-order valence-corrected chi connectivity index (χ0v) is 11.6. The average Bonchev–Trinajstić information content (AvgIpc) is 2.76. The van der Waals surface area contributed by atoms with E-state index in [-0.39, 0.29) is 0 Å². The fourth-order valence-electron chi connectivity index (χ4n) is 2.28. The first-order valence-corrected chi connectivity index (χ1v) is 6.86. The summed E-state index contributed by atoms with van der Waals surface area (Å²) < 4.78 is 12.3. The standard InChI is InChI=1S/C14H17N3O3/c1-3-19-14(18)10-6-15-17-7-12-11(16-13(10)17)5-4-9(2)8-20-12/h6-7,9H,3-5,8H2,1-2H3/t9-/m0/s1. The zero-order valence-electron chi connectivity index (χ0n) is 11.6. The molecule has 0 amide bonds. The van der Waals surface area contributed by atoms with E-state index in [1.54, 1.807) is 17.6 Å². The number of aromatic nitrogens is 3. The van der Waals surface area contributed by atoms with Crippen LogP contribution in [0.3, 0.4) is 0 Å². The molecule has 2 aromatic rings. The molecular weight excluding hydrogens is 258 g/mol. The van der Waals surface area contributed by atoms with Crippen LogP contribution in [0.25, 0.3) is 5.65 Å². The molecule has 0 fully saturated rings. The molecule has 0 radical (unpaired) electrons. The summed E-state index contributed by atoms with van der Waals surface area (Å²) in [5.41, 5.74) is 1.81. The Bertz CT molecular complexity index is 650. The Morgan fingerprint density at radius 2 is 2.45 bits per heavy atom. The lowest BCUT2D eigenvalue weighted by Crippen LogP contribution is -2.07. The number of esters is 1. The van der Waals surface area contributed by atoms with Crippen LogP contribution in [0, 0.1) is 5.92 Å². The lowest BCUT2D eigenvalue weighted by atomic mass is 10.1. The van der Waals surface area contributed by atoms with Gasteiger partial charge in [-0.2, -0.15) is 5.10 Å². The molecule has 1 aliphatic rings. The third kappa shape index (κ3) is 2.21. The maximum Gasteiger partial charge on any atom is 0.343 e. The number of rotatable bonds is 2. The Balaban J connectivity index is 2.04. The normalized spacial score (nSPS) is 18.2. The van der Waals surface area contributed by atoms with Crippen molar-refractivity contribution in [3.05, 3.63) is 23.7 Å². The molecule has 6 nitrogen and oxygen atoms in total. The SMILES string of the molecule is CCOC(=O)c1cnn2cc3c(nc12)CC[C@H](C)CO3. The average molecular weight is 275 g/mol. The summed E-state index contributed by atoms with van der Waals surface area (Å²) in [7, 11) is 0. The van der Waals surface area contributed by atoms with E-state index in [9.17, 15) is 4.79 Å². The molecule has 6 heteroatoms. The summed E-state index contributed by atoms with van der Waals surface area (Å²) in [4.78, 5) is 16.4. The van der Waals surface area contributed by atoms with Crippen molar-refractivity contribution in [2.24, 2.45) is 5.92 Å². The first kappa shape index (κ1) is 12.9. The quantitative estimate of drug-likeness (QED) is 0.783. The number of carbonyl (C=O) groups excluding carboxylic acids is 1. The van der Waals surface area contributed by atoms with Gasteiger partial charge in [0.1, 0.15) is 5.56 Å². The topological polar surface area (TPSA) is 65.7 Å². The third-order valence-corrected chi connectivity index (χ3v) is 3.43. The molecule has 106 valence electrons. The van der Waals surface area contributed by atoms with Crippen molar-refractivity contribution in [1.29, 1.82) is 0 Å². The maximum atomic E-state index is 11.9. The minimum Gasteiger partial charge on any atom is -0.490 e. The van der Waals surface area contributed by atoms with E-state index in [0.717, 1.165) is 24.3 Å². The van der Waals surface area contributed by atoms with Crippen molar-refractivity contribution in [1.82, 2.24) is 14.6 Å². The minimum atomic E-state index is -0.391. The maximum absolute atomic E-state index is 11.9. The van der Waals surface area contributed by atoms with Crippen LogP contribution < -0.4 is 4.74 Å². The molecule has 0 N–H and O–H groups in total. The first-order valence-electron chi connectivity index (χ1n) is 6.86. The van der Waals surface area contributed by atoms with Gasteiger partial charge in [-0.05, 0) is 25.7 Å². The summed E-state index contributed by atoms with van der Waals surface area (Å²) >= 11 is 0. The number of fused-ring (bicyclic) bond motifs is 2. The number of ether oxygens (including phenoxy) is 2. The highest BCUT2D eigenvalue weighted by molar-refractivity contribution is 5.95. The van der Waals surface area contributed by atoms with Crippen LogP contribution in [0.2, 0.25) is 0 Å². The van der Waals surface area contributed by atoms with Crippen LogP contribution in [0.5, 0.6) is 5.75 Å². The first-order chi connectivity index (χ1) is 9.69. The van der Waals surface area contributed by atoms with Gasteiger partial charge in [-0.3, -0.25) is 0 Å². The molecule has 1 atom stereocenters. The molecule has 3 heterocycles. The van der Waals surface area contributed by atoms with Crippen molar-refractivity contribution >= 4 is 11.6 Å². The predicted octanol–water partition coefficient (Wildman–Crippen LogP) is 1.87. The van der Waals surface area contributed by atoms with Crippen molar-refractivity contribution in [3.63, 3.8) is 0 Å². The summed E-state index contributed by atoms with van der Waals surface area (Å²) in [5.74, 6) is 0.860. The van der Waals surface area contributed by atoms with E-state index in [1.807, 2.05) is 0 Å². The Morgan fingerprint density at radius 3 is 3.25 bits per heavy atom. The van der Waals surface area contributed by atoms with Crippen LogP contribution in [0.15, 0.2) is 12.4 Å². The van der Waals surface area contributed by atoms with Crippen LogP contribution in [-0.2, 0) is 11.2 Å². The smallest absolute Gasteiger partial charge is 0.343 e. The van der Waals surface area contributed by atoms with Gasteiger partial charge >= 0.3 is 5.97 Å². The summed E-state index contributed by atoms with van der Waals surface area (Å²) in [6.07, 6.45) is 5.15. The predicted molar refractivity (Wildman–Crippen MR) is 71.9 cm³/mol. The number of nitrogens with zero attached hydrogens (tertiary/aromatic N) is 3. The molecule has 1 aliphatic heterocycles. The molecule has 20 heavy (non-hydrogen) atoms. The Kier molecular flexibility index (Phi) is 3.30. The van der Waals surface area contributed by atoms with E-state index in [1.165, 1.54) is 6.20 Å². The number of carbonyl (C=O) groups is 1. The third-order valence-electron chi connectivity index (χ3n) is 3.43. The second kappa shape index (κ2) is 5.11. The van der Waals surface area contributed by atoms with E-state index < -0.39 is 5.97 Å². The molecule has 0 saturated heterocycles. The van der Waals surface area contributed by atoms with E-state index in [2.05, 4.69) is 17.0 Å². The van der Waals surface area contributed by atoms with Gasteiger partial charge in [-0.15, -0.1) is 0 Å². The van der Waals surface area contributed by atoms with Crippen LogP contribution >= 0.6 is 0 Å². The lowest BCUT2D eigenvalue weighted by molar-refractivity contribution is 0.0528. The molecular formula is C14H17N3O3. The zero-order chi connectivity index (χ0) is 14.1. The summed E-state index contributed by atoms with van der Waals surface area (Å²) in [6, 6.07) is 0. The molecule has 0 aromatic carbocycles. The van der Waals surface area contributed by atoms with Crippen molar-refractivity contribution in [2.45, 2.75) is 26.7 Å². The minimum absolute atomic E-state index is 0.335. The molecule has 3 rings (SSSR count). The Hall–Kier alpha value is -2.11. The highest BCUT2D eigenvalue weighted by Gasteiger charge is 2.20. The lowest BCUT2D eigenvalue weighted by Gasteiger charge is -2.08. The molecule has 0 bridgehead atoms. The number of hydrogen-bond donors (Lipinski definition) is 0. The second-order valence-corrected chi connectivity index (χ2v) is 5.05. The molecule has 0 aliphatic carbocycles. The molecule has 0 spiro atoms. The van der Waals surface area contributed by atoms with Crippen LogP contribution in [0.4, 0.5) is 0 Å². The van der Waals surface area contributed by atoms with Crippen LogP contribution in [0.1, 0.15) is 36.3 Å². The van der Waals surface area contributed by atoms with Gasteiger partial charge in [0, 0.05) is 0 Å². The van der Waals surface area contributed by atoms with Gasteiger partial charge in [0.2, 0.25) is 0 Å². The molecule has 2 aromatic heterocycles. The fourth-order valence-corrected chi connectivity index (χ4v) is 2.28. The highest BCUT2D eigenvalue weighted by Crippen LogP contribution is 2.25. The van der Waals surface area contributed by atoms with Gasteiger partial charge in [0.05, 0.1) is 31.3 Å². The van der Waals surface area contributed by atoms with Gasteiger partial charge < -0.3 is 9.47 Å². The van der Waals surface area contributed by atoms with E-state index in [0.29, 0.717) is 30.3 Å². The molecule has 0 saturated carbocycles. The largest absolute Gasteiger partial charge is 0.490 e. The van der Waals surface area contributed by atoms with Crippen molar-refractivity contribution in [3.8, 4) is 5.75 Å². The highest BCUT2D eigenvalue weighted by atomic mass is 16.5. The van der Waals surface area contributed by atoms with Crippen molar-refractivity contribution < 1.29 is 14.3 Å². The number of hydrogen-bond acceptors (Lipinski definition) is 5. The van der Waals surface area contributed by atoms with Gasteiger partial charge in [-0.25, -0.2) is 14.3 Å². The Labute approximate surface area is 116 Å². The summed E-state index contributed by atoms with van der Waals surface area (Å²) in [6.45, 7) is 4.95. The van der Waals surface area contributed by atoms with Gasteiger partial charge in [-0.1, -0.05) is 6.92 Å².